The molecule has 0 unspecified atom stereocenters. The third kappa shape index (κ3) is 5.34. The van der Waals surface area contributed by atoms with Gasteiger partial charge in [-0.1, -0.05) is 13.8 Å². The first-order chi connectivity index (χ1) is 10.8. The Morgan fingerprint density at radius 2 is 1.96 bits per heavy atom. The van der Waals surface area contributed by atoms with Gasteiger partial charge in [-0.15, -0.1) is 0 Å². The summed E-state index contributed by atoms with van der Waals surface area (Å²) in [5.41, 5.74) is 0.542. The van der Waals surface area contributed by atoms with Crippen molar-refractivity contribution < 1.29 is 4.79 Å². The molecule has 5 heteroatoms. The van der Waals surface area contributed by atoms with Crippen LogP contribution in [-0.4, -0.2) is 46.8 Å². The van der Waals surface area contributed by atoms with Crippen LogP contribution in [0.3, 0.4) is 0 Å². The monoisotopic (exact) mass is 320 g/mol. The summed E-state index contributed by atoms with van der Waals surface area (Å²) in [7, 11) is 0. The quantitative estimate of drug-likeness (QED) is 0.849. The third-order valence-electron chi connectivity index (χ3n) is 4.41. The maximum absolute atomic E-state index is 12.2. The Labute approximate surface area is 140 Å². The van der Waals surface area contributed by atoms with E-state index in [4.69, 9.17) is 0 Å². The van der Waals surface area contributed by atoms with Crippen LogP contribution in [0.2, 0.25) is 0 Å². The highest BCUT2D eigenvalue weighted by atomic mass is 16.1. The number of aromatic nitrogens is 2. The first-order valence-electron chi connectivity index (χ1n) is 8.81. The summed E-state index contributed by atoms with van der Waals surface area (Å²) < 4.78 is 1.83. The highest BCUT2D eigenvalue weighted by molar-refractivity contribution is 5.93. The van der Waals surface area contributed by atoms with Crippen molar-refractivity contribution in [3.05, 3.63) is 18.0 Å². The summed E-state index contributed by atoms with van der Waals surface area (Å²) >= 11 is 0. The number of nitrogens with zero attached hydrogens (tertiary/aromatic N) is 3. The Kier molecular flexibility index (Phi) is 5.84. The Morgan fingerprint density at radius 1 is 1.30 bits per heavy atom. The van der Waals surface area contributed by atoms with Gasteiger partial charge in [0.25, 0.3) is 5.91 Å². The Bertz CT molecular complexity index is 507. The number of carbonyl (C=O) groups is 1. The summed E-state index contributed by atoms with van der Waals surface area (Å²) in [4.78, 5) is 14.7. The molecule has 1 aromatic rings. The zero-order valence-electron chi connectivity index (χ0n) is 15.3. The zero-order valence-corrected chi connectivity index (χ0v) is 15.3. The minimum atomic E-state index is -0.0970. The maximum atomic E-state index is 12.2. The number of hydrogen-bond acceptors (Lipinski definition) is 3. The second-order valence-electron chi connectivity index (χ2n) is 8.16. The van der Waals surface area contributed by atoms with Gasteiger partial charge in [0, 0.05) is 25.8 Å². The maximum Gasteiger partial charge on any atom is 0.254 e. The van der Waals surface area contributed by atoms with Crippen molar-refractivity contribution in [1.29, 1.82) is 0 Å². The van der Waals surface area contributed by atoms with Crippen molar-refractivity contribution in [2.45, 2.75) is 53.0 Å². The number of rotatable bonds is 5. The molecule has 0 aliphatic carbocycles. The van der Waals surface area contributed by atoms with E-state index < -0.39 is 0 Å². The van der Waals surface area contributed by atoms with E-state index >= 15 is 0 Å². The molecule has 1 amide bonds. The summed E-state index contributed by atoms with van der Waals surface area (Å²) in [6, 6.07) is 0. The minimum absolute atomic E-state index is 0.0270. The van der Waals surface area contributed by atoms with E-state index in [-0.39, 0.29) is 11.4 Å². The lowest BCUT2D eigenvalue weighted by Gasteiger charge is -2.34. The number of carbonyl (C=O) groups excluding carboxylic acids is 1. The van der Waals surface area contributed by atoms with Gasteiger partial charge in [0.05, 0.1) is 17.3 Å². The molecule has 5 nitrogen and oxygen atoms in total. The molecule has 1 saturated heterocycles. The lowest BCUT2D eigenvalue weighted by molar-refractivity contribution is 0.0947. The smallest absolute Gasteiger partial charge is 0.254 e. The predicted molar refractivity (Wildman–Crippen MR) is 93.6 cm³/mol. The molecule has 2 heterocycles. The lowest BCUT2D eigenvalue weighted by atomic mass is 9.92. The molecule has 2 atom stereocenters. The molecule has 0 bridgehead atoms. The molecule has 1 fully saturated rings. The molecular formula is C18H32N4O. The summed E-state index contributed by atoms with van der Waals surface area (Å²) in [5.74, 6) is 1.55. The predicted octanol–water partition coefficient (Wildman–Crippen LogP) is 2.74. The standard InChI is InChI=1S/C18H32N4O/c1-14-9-15(2)12-21(11-14)8-6-7-19-17(23)16-10-20-22(13-16)18(3,4)5/h10,13-15H,6-9,11-12H2,1-5H3,(H,19,23)/t14-,15+. The van der Waals surface area contributed by atoms with E-state index in [0.29, 0.717) is 5.56 Å². The largest absolute Gasteiger partial charge is 0.352 e. The van der Waals surface area contributed by atoms with Gasteiger partial charge in [-0.05, 0) is 52.0 Å². The summed E-state index contributed by atoms with van der Waals surface area (Å²) in [5, 5.41) is 7.28. The van der Waals surface area contributed by atoms with Gasteiger partial charge in [-0.3, -0.25) is 9.48 Å². The molecular weight excluding hydrogens is 288 g/mol. The van der Waals surface area contributed by atoms with Crippen LogP contribution in [0.4, 0.5) is 0 Å². The summed E-state index contributed by atoms with van der Waals surface area (Å²) in [6.07, 6.45) is 5.81. The SMILES string of the molecule is C[C@@H]1C[C@H](C)CN(CCCNC(=O)c2cnn(C(C)(C)C)c2)C1. The van der Waals surface area contributed by atoms with Crippen LogP contribution < -0.4 is 5.32 Å². The second kappa shape index (κ2) is 7.47. The summed E-state index contributed by atoms with van der Waals surface area (Å²) in [6.45, 7) is 15.0. The average Bonchev–Trinajstić information content (AvgIpc) is 2.92. The van der Waals surface area contributed by atoms with E-state index in [2.05, 4.69) is 49.9 Å². The van der Waals surface area contributed by atoms with Crippen molar-refractivity contribution in [1.82, 2.24) is 20.0 Å². The van der Waals surface area contributed by atoms with Crippen LogP contribution in [0.25, 0.3) is 0 Å². The van der Waals surface area contributed by atoms with Crippen LogP contribution in [-0.2, 0) is 5.54 Å². The van der Waals surface area contributed by atoms with Gasteiger partial charge in [-0.25, -0.2) is 0 Å². The van der Waals surface area contributed by atoms with Gasteiger partial charge in [0.2, 0.25) is 0 Å². The van der Waals surface area contributed by atoms with Crippen LogP contribution in [0, 0.1) is 11.8 Å². The molecule has 23 heavy (non-hydrogen) atoms. The van der Waals surface area contributed by atoms with Gasteiger partial charge < -0.3 is 10.2 Å². The van der Waals surface area contributed by atoms with Crippen LogP contribution in [0.1, 0.15) is 57.8 Å². The van der Waals surface area contributed by atoms with Gasteiger partial charge >= 0.3 is 0 Å². The Morgan fingerprint density at radius 3 is 2.52 bits per heavy atom. The lowest BCUT2D eigenvalue weighted by Crippen LogP contribution is -2.40. The van der Waals surface area contributed by atoms with E-state index in [9.17, 15) is 4.79 Å². The molecule has 130 valence electrons. The number of nitrogens with one attached hydrogen (secondary N) is 1. The van der Waals surface area contributed by atoms with Crippen molar-refractivity contribution in [2.75, 3.05) is 26.2 Å². The number of amides is 1. The van der Waals surface area contributed by atoms with Gasteiger partial charge in [0.1, 0.15) is 0 Å². The molecule has 0 aromatic carbocycles. The highest BCUT2D eigenvalue weighted by Crippen LogP contribution is 2.20. The number of likely N-dealkylation sites (tertiary alicyclic amines) is 1. The molecule has 0 radical (unpaired) electrons. The fourth-order valence-electron chi connectivity index (χ4n) is 3.39. The minimum Gasteiger partial charge on any atom is -0.352 e. The molecule has 1 aliphatic rings. The van der Waals surface area contributed by atoms with Crippen LogP contribution in [0.15, 0.2) is 12.4 Å². The topological polar surface area (TPSA) is 50.2 Å². The number of hydrogen-bond donors (Lipinski definition) is 1. The fourth-order valence-corrected chi connectivity index (χ4v) is 3.39. The first kappa shape index (κ1) is 18.0. The Balaban J connectivity index is 1.72. The van der Waals surface area contributed by atoms with E-state index in [1.165, 1.54) is 19.5 Å². The number of piperidine rings is 1. The molecule has 0 saturated carbocycles. The second-order valence-corrected chi connectivity index (χ2v) is 8.16. The fraction of sp³-hybridized carbons (Fsp3) is 0.778. The molecule has 2 rings (SSSR count). The molecule has 1 aliphatic heterocycles. The van der Waals surface area contributed by atoms with Crippen LogP contribution in [0.5, 0.6) is 0 Å². The average molecular weight is 320 g/mol. The van der Waals surface area contributed by atoms with Crippen molar-refractivity contribution in [3.63, 3.8) is 0 Å². The normalized spacial score (nSPS) is 23.0. The van der Waals surface area contributed by atoms with Gasteiger partial charge in [-0.2, -0.15) is 5.10 Å². The highest BCUT2D eigenvalue weighted by Gasteiger charge is 2.21. The van der Waals surface area contributed by atoms with E-state index in [1.807, 2.05) is 10.9 Å². The first-order valence-corrected chi connectivity index (χ1v) is 8.81. The molecule has 1 aromatic heterocycles. The van der Waals surface area contributed by atoms with Crippen LogP contribution >= 0.6 is 0 Å². The third-order valence-corrected chi connectivity index (χ3v) is 4.41. The molecule has 1 N–H and O–H groups in total. The van der Waals surface area contributed by atoms with Crippen molar-refractivity contribution in [2.24, 2.45) is 11.8 Å². The van der Waals surface area contributed by atoms with Crippen molar-refractivity contribution in [3.8, 4) is 0 Å². The molecule has 0 spiro atoms. The van der Waals surface area contributed by atoms with E-state index in [1.54, 1.807) is 6.20 Å². The van der Waals surface area contributed by atoms with Gasteiger partial charge in [0.15, 0.2) is 0 Å². The zero-order chi connectivity index (χ0) is 17.0. The Hall–Kier alpha value is -1.36. The van der Waals surface area contributed by atoms with E-state index in [0.717, 1.165) is 31.3 Å². The van der Waals surface area contributed by atoms with Crippen molar-refractivity contribution >= 4 is 5.91 Å².